The van der Waals surface area contributed by atoms with Gasteiger partial charge in [-0.15, -0.1) is 0 Å². The zero-order chi connectivity index (χ0) is 16.7. The Balaban J connectivity index is 1.99. The fourth-order valence-corrected chi connectivity index (χ4v) is 2.07. The third kappa shape index (κ3) is 4.81. The first kappa shape index (κ1) is 16.5. The van der Waals surface area contributed by atoms with Gasteiger partial charge in [0.2, 0.25) is 5.91 Å². The molecule has 0 spiro atoms. The van der Waals surface area contributed by atoms with Crippen LogP contribution in [0.15, 0.2) is 54.6 Å². The number of hydrogen-bond acceptors (Lipinski definition) is 3. The molecule has 0 heterocycles. The Morgan fingerprint density at radius 3 is 2.52 bits per heavy atom. The van der Waals surface area contributed by atoms with Gasteiger partial charge in [0.05, 0.1) is 12.7 Å². The Labute approximate surface area is 135 Å². The monoisotopic (exact) mass is 309 g/mol. The van der Waals surface area contributed by atoms with E-state index in [1.807, 2.05) is 24.3 Å². The predicted octanol–water partition coefficient (Wildman–Crippen LogP) is 3.69. The molecule has 0 aliphatic carbocycles. The molecule has 0 atom stereocenters. The van der Waals surface area contributed by atoms with Gasteiger partial charge in [0.1, 0.15) is 0 Å². The molecule has 0 radical (unpaired) electrons. The average Bonchev–Trinajstić information content (AvgIpc) is 2.60. The standard InChI is InChI=1S/C19H19NO3/c1-3-14-5-4-6-17(13-14)20-18(21)12-9-15-7-10-16(11-8-15)19(22)23-2/h4-13H,3H2,1-2H3,(H,20,21)/b12-9+. The summed E-state index contributed by atoms with van der Waals surface area (Å²) in [5, 5.41) is 2.83. The molecule has 0 bridgehead atoms. The SMILES string of the molecule is CCc1cccc(NC(=O)/C=C/c2ccc(C(=O)OC)cc2)c1. The minimum absolute atomic E-state index is 0.199. The van der Waals surface area contributed by atoms with E-state index in [1.165, 1.54) is 18.7 Å². The number of nitrogens with one attached hydrogen (secondary N) is 1. The lowest BCUT2D eigenvalue weighted by atomic mass is 10.1. The molecule has 2 rings (SSSR count). The maximum Gasteiger partial charge on any atom is 0.337 e. The molecule has 4 heteroatoms. The van der Waals surface area contributed by atoms with Crippen molar-refractivity contribution < 1.29 is 14.3 Å². The van der Waals surface area contributed by atoms with E-state index in [1.54, 1.807) is 30.3 Å². The lowest BCUT2D eigenvalue weighted by molar-refractivity contribution is -0.111. The Bertz CT molecular complexity index is 718. The van der Waals surface area contributed by atoms with Crippen molar-refractivity contribution in [3.63, 3.8) is 0 Å². The molecule has 118 valence electrons. The minimum Gasteiger partial charge on any atom is -0.465 e. The van der Waals surface area contributed by atoms with Gasteiger partial charge in [-0.1, -0.05) is 31.2 Å². The third-order valence-corrected chi connectivity index (χ3v) is 3.36. The summed E-state index contributed by atoms with van der Waals surface area (Å²) in [6, 6.07) is 14.6. The molecule has 1 amide bonds. The molecule has 23 heavy (non-hydrogen) atoms. The van der Waals surface area contributed by atoms with E-state index >= 15 is 0 Å². The number of carbonyl (C=O) groups excluding carboxylic acids is 2. The molecular formula is C19H19NO3. The van der Waals surface area contributed by atoms with Crippen LogP contribution >= 0.6 is 0 Å². The largest absolute Gasteiger partial charge is 0.465 e. The molecule has 0 saturated carbocycles. The summed E-state index contributed by atoms with van der Waals surface area (Å²) in [5.74, 6) is -0.579. The summed E-state index contributed by atoms with van der Waals surface area (Å²) >= 11 is 0. The molecule has 0 fully saturated rings. The Morgan fingerprint density at radius 1 is 1.13 bits per heavy atom. The van der Waals surface area contributed by atoms with Gasteiger partial charge in [0, 0.05) is 11.8 Å². The maximum atomic E-state index is 11.9. The van der Waals surface area contributed by atoms with E-state index in [0.717, 1.165) is 17.7 Å². The number of amides is 1. The van der Waals surface area contributed by atoms with Crippen molar-refractivity contribution in [1.29, 1.82) is 0 Å². The lowest BCUT2D eigenvalue weighted by Gasteiger charge is -2.04. The van der Waals surface area contributed by atoms with Crippen LogP contribution in [-0.4, -0.2) is 19.0 Å². The van der Waals surface area contributed by atoms with Gasteiger partial charge in [-0.25, -0.2) is 4.79 Å². The first-order valence-corrected chi connectivity index (χ1v) is 7.38. The molecular weight excluding hydrogens is 290 g/mol. The van der Waals surface area contributed by atoms with Crippen molar-refractivity contribution in [2.45, 2.75) is 13.3 Å². The fourth-order valence-electron chi connectivity index (χ4n) is 2.07. The number of aryl methyl sites for hydroxylation is 1. The first-order chi connectivity index (χ1) is 11.1. The highest BCUT2D eigenvalue weighted by Gasteiger charge is 2.03. The molecule has 0 aromatic heterocycles. The number of benzene rings is 2. The third-order valence-electron chi connectivity index (χ3n) is 3.36. The van der Waals surface area contributed by atoms with Gasteiger partial charge in [0.25, 0.3) is 0 Å². The summed E-state index contributed by atoms with van der Waals surface area (Å²) in [5.41, 5.74) is 3.26. The highest BCUT2D eigenvalue weighted by atomic mass is 16.5. The van der Waals surface area contributed by atoms with Crippen LogP contribution in [0.3, 0.4) is 0 Å². The van der Waals surface area contributed by atoms with Crippen molar-refractivity contribution in [3.8, 4) is 0 Å². The number of esters is 1. The summed E-state index contributed by atoms with van der Waals surface area (Å²) in [7, 11) is 1.34. The van der Waals surface area contributed by atoms with Crippen LogP contribution < -0.4 is 5.32 Å². The topological polar surface area (TPSA) is 55.4 Å². The molecule has 2 aromatic rings. The van der Waals surface area contributed by atoms with Crippen molar-refractivity contribution in [1.82, 2.24) is 0 Å². The second kappa shape index (κ2) is 7.94. The Hall–Kier alpha value is -2.88. The quantitative estimate of drug-likeness (QED) is 0.677. The van der Waals surface area contributed by atoms with E-state index in [2.05, 4.69) is 17.0 Å². The normalized spacial score (nSPS) is 10.5. The Morgan fingerprint density at radius 2 is 1.87 bits per heavy atom. The van der Waals surface area contributed by atoms with Gasteiger partial charge < -0.3 is 10.1 Å². The first-order valence-electron chi connectivity index (χ1n) is 7.38. The van der Waals surface area contributed by atoms with Crippen LogP contribution in [0.5, 0.6) is 0 Å². The van der Waals surface area contributed by atoms with Crippen molar-refractivity contribution in [2.24, 2.45) is 0 Å². The summed E-state index contributed by atoms with van der Waals surface area (Å²) in [6.07, 6.45) is 4.08. The fraction of sp³-hybridized carbons (Fsp3) is 0.158. The summed E-state index contributed by atoms with van der Waals surface area (Å²) < 4.78 is 4.64. The number of hydrogen-bond donors (Lipinski definition) is 1. The van der Waals surface area contributed by atoms with Crippen LogP contribution in [0.4, 0.5) is 5.69 Å². The van der Waals surface area contributed by atoms with Crippen LogP contribution in [0.2, 0.25) is 0 Å². The van der Waals surface area contributed by atoms with E-state index in [-0.39, 0.29) is 11.9 Å². The van der Waals surface area contributed by atoms with E-state index in [9.17, 15) is 9.59 Å². The zero-order valence-electron chi connectivity index (χ0n) is 13.2. The van der Waals surface area contributed by atoms with E-state index in [0.29, 0.717) is 5.56 Å². The zero-order valence-corrected chi connectivity index (χ0v) is 13.2. The molecule has 0 aliphatic rings. The molecule has 4 nitrogen and oxygen atoms in total. The molecule has 0 unspecified atom stereocenters. The highest BCUT2D eigenvalue weighted by molar-refractivity contribution is 6.02. The smallest absolute Gasteiger partial charge is 0.337 e. The molecule has 0 aliphatic heterocycles. The van der Waals surface area contributed by atoms with Gasteiger partial charge in [0.15, 0.2) is 0 Å². The number of anilines is 1. The molecule has 0 saturated heterocycles. The summed E-state index contributed by atoms with van der Waals surface area (Å²) in [4.78, 5) is 23.3. The second-order valence-corrected chi connectivity index (χ2v) is 4.99. The molecule has 2 aromatic carbocycles. The lowest BCUT2D eigenvalue weighted by Crippen LogP contribution is -2.07. The van der Waals surface area contributed by atoms with Gasteiger partial charge in [-0.05, 0) is 47.9 Å². The molecule has 1 N–H and O–H groups in total. The van der Waals surface area contributed by atoms with Crippen LogP contribution in [0.1, 0.15) is 28.4 Å². The van der Waals surface area contributed by atoms with Crippen molar-refractivity contribution in [3.05, 3.63) is 71.3 Å². The second-order valence-electron chi connectivity index (χ2n) is 4.99. The van der Waals surface area contributed by atoms with Crippen LogP contribution in [-0.2, 0) is 16.0 Å². The number of methoxy groups -OCH3 is 1. The Kier molecular flexibility index (Phi) is 5.69. The number of ether oxygens (including phenoxy) is 1. The minimum atomic E-state index is -0.380. The van der Waals surface area contributed by atoms with E-state index in [4.69, 9.17) is 0 Å². The number of rotatable bonds is 5. The predicted molar refractivity (Wildman–Crippen MR) is 91.3 cm³/mol. The van der Waals surface area contributed by atoms with Crippen molar-refractivity contribution >= 4 is 23.6 Å². The van der Waals surface area contributed by atoms with Crippen LogP contribution in [0.25, 0.3) is 6.08 Å². The summed E-state index contributed by atoms with van der Waals surface area (Å²) in [6.45, 7) is 2.07. The van der Waals surface area contributed by atoms with E-state index < -0.39 is 0 Å². The van der Waals surface area contributed by atoms with Crippen molar-refractivity contribution in [2.75, 3.05) is 12.4 Å². The van der Waals surface area contributed by atoms with Gasteiger partial charge >= 0.3 is 5.97 Å². The van der Waals surface area contributed by atoms with Gasteiger partial charge in [-0.2, -0.15) is 0 Å². The highest BCUT2D eigenvalue weighted by Crippen LogP contribution is 2.12. The average molecular weight is 309 g/mol. The number of carbonyl (C=O) groups is 2. The van der Waals surface area contributed by atoms with Gasteiger partial charge in [-0.3, -0.25) is 4.79 Å². The van der Waals surface area contributed by atoms with Crippen LogP contribution in [0, 0.1) is 0 Å². The maximum absolute atomic E-state index is 11.9.